The molecule has 0 heterocycles. The lowest BCUT2D eigenvalue weighted by molar-refractivity contribution is -0.136. The lowest BCUT2D eigenvalue weighted by atomic mass is 10.1. The van der Waals surface area contributed by atoms with Crippen LogP contribution in [0.2, 0.25) is 0 Å². The minimum Gasteiger partial charge on any atom is -0.371 e. The van der Waals surface area contributed by atoms with Crippen LogP contribution in [0.1, 0.15) is 96.8 Å². The van der Waals surface area contributed by atoms with Gasteiger partial charge in [-0.1, -0.05) is 70.4 Å². The van der Waals surface area contributed by atoms with Crippen LogP contribution in [0.3, 0.4) is 0 Å². The molecular weight excluding hydrogens is 339 g/mol. The van der Waals surface area contributed by atoms with Crippen molar-refractivity contribution in [3.8, 4) is 0 Å². The summed E-state index contributed by atoms with van der Waals surface area (Å²) in [6, 6.07) is 0. The Bertz CT molecular complexity index is 395. The first-order valence-corrected chi connectivity index (χ1v) is 11.3. The summed E-state index contributed by atoms with van der Waals surface area (Å²) in [7, 11) is -3.14. The molecule has 0 saturated carbocycles. The van der Waals surface area contributed by atoms with E-state index in [1.807, 2.05) is 0 Å². The lowest BCUT2D eigenvalue weighted by Crippen LogP contribution is -2.03. The van der Waals surface area contributed by atoms with Gasteiger partial charge in [-0.05, 0) is 32.1 Å². The van der Waals surface area contributed by atoms with Crippen molar-refractivity contribution in [2.24, 2.45) is 0 Å². The molecule has 0 aromatic carbocycles. The Morgan fingerprint density at radius 3 is 1.88 bits per heavy atom. The minimum atomic E-state index is -4.18. The predicted octanol–water partition coefficient (Wildman–Crippen LogP) is 6.31. The number of allylic oxidation sites excluding steroid dienone is 2. The van der Waals surface area contributed by atoms with Crippen molar-refractivity contribution in [1.82, 2.24) is 0 Å². The zero-order valence-corrected chi connectivity index (χ0v) is 17.0. The van der Waals surface area contributed by atoms with E-state index in [0.29, 0.717) is 6.42 Å². The van der Waals surface area contributed by atoms with E-state index < -0.39 is 13.8 Å². The van der Waals surface area contributed by atoms with Crippen LogP contribution in [0.25, 0.3) is 0 Å². The van der Waals surface area contributed by atoms with Crippen molar-refractivity contribution in [3.05, 3.63) is 12.2 Å². The number of carbonyl (C=O) groups excluding carboxylic acids is 1. The average molecular weight is 376 g/mol. The maximum Gasteiger partial charge on any atom is 0.529 e. The SMILES string of the molecule is CCCCCCCC/C=C\CCCCCCCC(=O)OP(=O)(O)OC. The summed E-state index contributed by atoms with van der Waals surface area (Å²) in [5.74, 6) is -0.676. The third-order valence-corrected chi connectivity index (χ3v) is 4.99. The first-order valence-electron chi connectivity index (χ1n) is 9.77. The van der Waals surface area contributed by atoms with Crippen LogP contribution in [0, 0.1) is 0 Å². The average Bonchev–Trinajstić information content (AvgIpc) is 2.58. The maximum absolute atomic E-state index is 11.3. The van der Waals surface area contributed by atoms with Gasteiger partial charge in [-0.3, -0.25) is 14.2 Å². The summed E-state index contributed by atoms with van der Waals surface area (Å²) >= 11 is 0. The molecule has 0 aromatic heterocycles. The highest BCUT2D eigenvalue weighted by Gasteiger charge is 2.23. The zero-order valence-electron chi connectivity index (χ0n) is 16.1. The first kappa shape index (κ1) is 24.4. The molecule has 0 amide bonds. The maximum atomic E-state index is 11.3. The Labute approximate surface area is 153 Å². The Hall–Kier alpha value is -0.640. The van der Waals surface area contributed by atoms with Crippen molar-refractivity contribution in [2.75, 3.05) is 7.11 Å². The van der Waals surface area contributed by atoms with Gasteiger partial charge in [0.25, 0.3) is 0 Å². The number of carbonyl (C=O) groups is 1. The Morgan fingerprint density at radius 1 is 0.880 bits per heavy atom. The molecule has 0 fully saturated rings. The highest BCUT2D eigenvalue weighted by Crippen LogP contribution is 2.42. The van der Waals surface area contributed by atoms with Gasteiger partial charge >= 0.3 is 13.8 Å². The fourth-order valence-electron chi connectivity index (χ4n) is 2.55. The summed E-state index contributed by atoms with van der Waals surface area (Å²) in [6.07, 6.45) is 20.1. The summed E-state index contributed by atoms with van der Waals surface area (Å²) in [6.45, 7) is 2.24. The van der Waals surface area contributed by atoms with Crippen LogP contribution in [0.4, 0.5) is 0 Å². The first-order chi connectivity index (χ1) is 12.0. The Balaban J connectivity index is 3.32. The van der Waals surface area contributed by atoms with Crippen LogP contribution in [-0.4, -0.2) is 18.0 Å². The molecule has 1 unspecified atom stereocenters. The molecule has 0 aliphatic heterocycles. The van der Waals surface area contributed by atoms with Gasteiger partial charge in [-0.2, -0.15) is 0 Å². The number of hydrogen-bond acceptors (Lipinski definition) is 4. The molecule has 25 heavy (non-hydrogen) atoms. The van der Waals surface area contributed by atoms with Gasteiger partial charge in [-0.25, -0.2) is 4.57 Å². The summed E-state index contributed by atoms with van der Waals surface area (Å²) in [4.78, 5) is 20.3. The summed E-state index contributed by atoms with van der Waals surface area (Å²) in [5, 5.41) is 0. The van der Waals surface area contributed by atoms with E-state index in [9.17, 15) is 9.36 Å². The molecule has 0 aliphatic carbocycles. The van der Waals surface area contributed by atoms with E-state index in [4.69, 9.17) is 4.89 Å². The lowest BCUT2D eigenvalue weighted by Gasteiger charge is -2.08. The highest BCUT2D eigenvalue weighted by molar-refractivity contribution is 7.48. The number of phosphoric ester groups is 1. The zero-order chi connectivity index (χ0) is 18.8. The molecule has 0 aliphatic rings. The molecule has 5 nitrogen and oxygen atoms in total. The quantitative estimate of drug-likeness (QED) is 0.183. The number of phosphoric acid groups is 1. The van der Waals surface area contributed by atoms with Crippen LogP contribution in [-0.2, 0) is 18.4 Å². The Kier molecular flexibility index (Phi) is 16.4. The van der Waals surface area contributed by atoms with Gasteiger partial charge in [0.05, 0.1) is 0 Å². The molecule has 6 heteroatoms. The van der Waals surface area contributed by atoms with E-state index in [-0.39, 0.29) is 6.42 Å². The van der Waals surface area contributed by atoms with Gasteiger partial charge in [-0.15, -0.1) is 0 Å². The molecule has 0 bridgehead atoms. The molecule has 0 radical (unpaired) electrons. The Morgan fingerprint density at radius 2 is 1.36 bits per heavy atom. The fraction of sp³-hybridized carbons (Fsp3) is 0.842. The number of unbranched alkanes of at least 4 members (excludes halogenated alkanes) is 11. The second-order valence-electron chi connectivity index (χ2n) is 6.45. The standard InChI is InChI=1S/C19H37O5P/c1-3-4-5-6-7-8-9-10-11-12-13-14-15-16-17-18-19(20)24-25(21,22)23-2/h10-11H,3-9,12-18H2,1-2H3,(H,21,22)/b11-10-. The summed E-state index contributed by atoms with van der Waals surface area (Å²) in [5.41, 5.74) is 0. The van der Waals surface area contributed by atoms with E-state index >= 15 is 0 Å². The minimum absolute atomic E-state index is 0.159. The molecular formula is C19H37O5P. The number of hydrogen-bond donors (Lipinski definition) is 1. The van der Waals surface area contributed by atoms with Gasteiger partial charge in [0.1, 0.15) is 0 Å². The van der Waals surface area contributed by atoms with E-state index in [1.165, 1.54) is 51.4 Å². The number of rotatable bonds is 17. The molecule has 1 N–H and O–H groups in total. The van der Waals surface area contributed by atoms with Crippen molar-refractivity contribution < 1.29 is 23.3 Å². The molecule has 1 atom stereocenters. The van der Waals surface area contributed by atoms with Crippen LogP contribution < -0.4 is 0 Å². The topological polar surface area (TPSA) is 72.8 Å². The third kappa shape index (κ3) is 18.0. The van der Waals surface area contributed by atoms with Gasteiger partial charge in [0.2, 0.25) is 0 Å². The van der Waals surface area contributed by atoms with E-state index in [1.54, 1.807) is 0 Å². The predicted molar refractivity (Wildman–Crippen MR) is 102 cm³/mol. The van der Waals surface area contributed by atoms with Gasteiger partial charge in [0, 0.05) is 13.5 Å². The molecule has 0 aromatic rings. The molecule has 0 spiro atoms. The smallest absolute Gasteiger partial charge is 0.371 e. The van der Waals surface area contributed by atoms with Gasteiger partial charge in [0.15, 0.2) is 0 Å². The van der Waals surface area contributed by atoms with Crippen molar-refractivity contribution in [3.63, 3.8) is 0 Å². The van der Waals surface area contributed by atoms with Crippen molar-refractivity contribution >= 4 is 13.8 Å². The van der Waals surface area contributed by atoms with E-state index in [2.05, 4.69) is 28.1 Å². The van der Waals surface area contributed by atoms with Crippen molar-refractivity contribution in [2.45, 2.75) is 96.8 Å². The van der Waals surface area contributed by atoms with E-state index in [0.717, 1.165) is 32.8 Å². The van der Waals surface area contributed by atoms with Crippen LogP contribution in [0.5, 0.6) is 0 Å². The summed E-state index contributed by atoms with van der Waals surface area (Å²) < 4.78 is 19.6. The molecule has 0 rings (SSSR count). The monoisotopic (exact) mass is 376 g/mol. The molecule has 148 valence electrons. The normalized spacial score (nSPS) is 13.9. The largest absolute Gasteiger partial charge is 0.529 e. The van der Waals surface area contributed by atoms with Crippen molar-refractivity contribution in [1.29, 1.82) is 0 Å². The highest BCUT2D eigenvalue weighted by atomic mass is 31.2. The third-order valence-electron chi connectivity index (χ3n) is 4.09. The van der Waals surface area contributed by atoms with Crippen LogP contribution >= 0.6 is 7.82 Å². The second kappa shape index (κ2) is 16.8. The van der Waals surface area contributed by atoms with Gasteiger partial charge < -0.3 is 4.52 Å². The van der Waals surface area contributed by atoms with Crippen LogP contribution in [0.15, 0.2) is 12.2 Å². The molecule has 0 saturated heterocycles. The fourth-order valence-corrected chi connectivity index (χ4v) is 2.97. The second-order valence-corrected chi connectivity index (χ2v) is 7.93.